The van der Waals surface area contributed by atoms with Crippen molar-refractivity contribution >= 4 is 5.69 Å². The summed E-state index contributed by atoms with van der Waals surface area (Å²) in [5, 5.41) is 15.1. The van der Waals surface area contributed by atoms with Gasteiger partial charge in [-0.2, -0.15) is 0 Å². The summed E-state index contributed by atoms with van der Waals surface area (Å²) in [6.07, 6.45) is 0. The monoisotopic (exact) mass is 361 g/mol. The fraction of sp³-hybridized carbons (Fsp3) is 0.611. The van der Waals surface area contributed by atoms with Crippen LogP contribution in [-0.2, 0) is 7.05 Å². The molecule has 3 rings (SSSR count). The van der Waals surface area contributed by atoms with Gasteiger partial charge in [0.2, 0.25) is 0 Å². The molecule has 1 N–H and O–H groups in total. The first-order valence-electron chi connectivity index (χ1n) is 9.24. The third-order valence-electron chi connectivity index (χ3n) is 5.16. The number of nitrogens with one attached hydrogen (secondary N) is 1. The zero-order chi connectivity index (χ0) is 18.7. The lowest BCUT2D eigenvalue weighted by Gasteiger charge is -2.37. The van der Waals surface area contributed by atoms with Crippen molar-refractivity contribution in [3.63, 3.8) is 0 Å². The Morgan fingerprint density at radius 2 is 1.88 bits per heavy atom. The molecular weight excluding hydrogens is 333 g/mol. The van der Waals surface area contributed by atoms with Crippen LogP contribution in [0.1, 0.15) is 44.2 Å². The Kier molecular flexibility index (Phi) is 5.83. The number of anilines is 1. The molecule has 7 nitrogen and oxygen atoms in total. The summed E-state index contributed by atoms with van der Waals surface area (Å²) >= 11 is 0. The van der Waals surface area contributed by atoms with E-state index in [-0.39, 0.29) is 17.9 Å². The summed E-state index contributed by atoms with van der Waals surface area (Å²) in [5.74, 6) is 0.545. The Labute approximate surface area is 154 Å². The van der Waals surface area contributed by atoms with Crippen molar-refractivity contribution in [1.29, 1.82) is 0 Å². The minimum atomic E-state index is -0.211. The summed E-state index contributed by atoms with van der Waals surface area (Å²) < 4.78 is 15.6. The van der Waals surface area contributed by atoms with E-state index in [0.717, 1.165) is 49.8 Å². The largest absolute Gasteiger partial charge is 0.369 e. The van der Waals surface area contributed by atoms with Crippen LogP contribution in [0, 0.1) is 5.82 Å². The predicted octanol–water partition coefficient (Wildman–Crippen LogP) is 1.90. The summed E-state index contributed by atoms with van der Waals surface area (Å²) in [6.45, 7) is 11.3. The maximum absolute atomic E-state index is 14.0. The van der Waals surface area contributed by atoms with E-state index in [1.807, 2.05) is 20.0 Å². The maximum atomic E-state index is 14.0. The number of rotatable bonds is 6. The van der Waals surface area contributed by atoms with E-state index in [1.54, 1.807) is 16.8 Å². The molecule has 0 radical (unpaired) electrons. The number of hydrogen-bond acceptors (Lipinski definition) is 6. The van der Waals surface area contributed by atoms with Gasteiger partial charge >= 0.3 is 0 Å². The van der Waals surface area contributed by atoms with Gasteiger partial charge in [0.1, 0.15) is 5.82 Å². The van der Waals surface area contributed by atoms with Crippen molar-refractivity contribution in [2.45, 2.75) is 32.9 Å². The summed E-state index contributed by atoms with van der Waals surface area (Å²) in [6, 6.07) is 5.02. The molecular formula is C18H28FN7. The van der Waals surface area contributed by atoms with Gasteiger partial charge in [0.15, 0.2) is 5.82 Å². The van der Waals surface area contributed by atoms with Gasteiger partial charge < -0.3 is 15.1 Å². The zero-order valence-electron chi connectivity index (χ0n) is 16.0. The molecule has 1 aromatic carbocycles. The first kappa shape index (κ1) is 18.7. The summed E-state index contributed by atoms with van der Waals surface area (Å²) in [7, 11) is 1.82. The molecule has 0 bridgehead atoms. The second-order valence-electron chi connectivity index (χ2n) is 6.90. The van der Waals surface area contributed by atoms with E-state index in [9.17, 15) is 4.39 Å². The molecule has 0 amide bonds. The molecule has 2 heterocycles. The smallest absolute Gasteiger partial charge is 0.167 e. The lowest BCUT2D eigenvalue weighted by atomic mass is 10.0. The number of likely N-dealkylation sites (N-methyl/N-ethyl adjacent to an activating group) is 1. The average molecular weight is 361 g/mol. The molecule has 1 saturated heterocycles. The van der Waals surface area contributed by atoms with Crippen LogP contribution >= 0.6 is 0 Å². The molecule has 0 spiro atoms. The number of piperazine rings is 1. The van der Waals surface area contributed by atoms with Gasteiger partial charge in [-0.3, -0.25) is 0 Å². The fourth-order valence-corrected chi connectivity index (χ4v) is 3.61. The number of tetrazole rings is 1. The molecule has 1 fully saturated rings. The van der Waals surface area contributed by atoms with Crippen LogP contribution in [-0.4, -0.2) is 57.8 Å². The Hall–Kier alpha value is -2.06. The van der Waals surface area contributed by atoms with Gasteiger partial charge in [0, 0.05) is 45.0 Å². The molecule has 2 unspecified atom stereocenters. The van der Waals surface area contributed by atoms with Crippen molar-refractivity contribution in [3.05, 3.63) is 35.4 Å². The molecule has 0 aliphatic carbocycles. The number of nitrogens with zero attached hydrogens (tertiary/aromatic N) is 6. The minimum absolute atomic E-state index is 0.0309. The Bertz CT molecular complexity index is 724. The molecule has 8 heteroatoms. The second-order valence-corrected chi connectivity index (χ2v) is 6.90. The first-order valence-corrected chi connectivity index (χ1v) is 9.24. The molecule has 142 valence electrons. The SMILES string of the molecule is CCN1CCN(c2ccc(F)cc2C(C)NC(C)c2nnnn2C)CC1. The molecule has 0 saturated carbocycles. The maximum Gasteiger partial charge on any atom is 0.167 e. The average Bonchev–Trinajstić information content (AvgIpc) is 3.08. The normalized spacial score (nSPS) is 18.1. The van der Waals surface area contributed by atoms with Crippen LogP contribution in [0.5, 0.6) is 0 Å². The van der Waals surface area contributed by atoms with Crippen LogP contribution < -0.4 is 10.2 Å². The van der Waals surface area contributed by atoms with Crippen LogP contribution in [0.2, 0.25) is 0 Å². The van der Waals surface area contributed by atoms with E-state index >= 15 is 0 Å². The highest BCUT2D eigenvalue weighted by Gasteiger charge is 2.23. The van der Waals surface area contributed by atoms with Crippen LogP contribution in [0.25, 0.3) is 0 Å². The third kappa shape index (κ3) is 4.02. The number of halogens is 1. The Morgan fingerprint density at radius 3 is 2.50 bits per heavy atom. The number of aromatic nitrogens is 4. The Morgan fingerprint density at radius 1 is 1.15 bits per heavy atom. The highest BCUT2D eigenvalue weighted by molar-refractivity contribution is 5.55. The topological polar surface area (TPSA) is 62.1 Å². The van der Waals surface area contributed by atoms with Crippen molar-refractivity contribution in [2.75, 3.05) is 37.6 Å². The van der Waals surface area contributed by atoms with Gasteiger partial charge in [0.25, 0.3) is 0 Å². The fourth-order valence-electron chi connectivity index (χ4n) is 3.61. The van der Waals surface area contributed by atoms with E-state index in [2.05, 4.69) is 44.5 Å². The van der Waals surface area contributed by atoms with E-state index in [1.165, 1.54) is 0 Å². The lowest BCUT2D eigenvalue weighted by molar-refractivity contribution is 0.271. The number of aryl methyl sites for hydroxylation is 1. The molecule has 1 aromatic heterocycles. The van der Waals surface area contributed by atoms with Gasteiger partial charge in [-0.1, -0.05) is 6.92 Å². The van der Waals surface area contributed by atoms with Gasteiger partial charge in [-0.05, 0) is 54.6 Å². The van der Waals surface area contributed by atoms with Gasteiger partial charge in [-0.25, -0.2) is 9.07 Å². The quantitative estimate of drug-likeness (QED) is 0.848. The second kappa shape index (κ2) is 8.09. The molecule has 2 atom stereocenters. The van der Waals surface area contributed by atoms with Crippen molar-refractivity contribution in [1.82, 2.24) is 30.4 Å². The number of benzene rings is 1. The standard InChI is InChI=1S/C18H28FN7/c1-5-25-8-10-26(11-9-25)17-7-6-15(19)12-16(17)13(2)20-14(3)18-21-22-23-24(18)4/h6-7,12-14,20H,5,8-11H2,1-4H3. The Balaban J connectivity index is 1.78. The molecule has 26 heavy (non-hydrogen) atoms. The molecule has 1 aliphatic heterocycles. The molecule has 2 aromatic rings. The van der Waals surface area contributed by atoms with E-state index < -0.39 is 0 Å². The highest BCUT2D eigenvalue weighted by Crippen LogP contribution is 2.29. The lowest BCUT2D eigenvalue weighted by Crippen LogP contribution is -2.46. The van der Waals surface area contributed by atoms with Gasteiger partial charge in [-0.15, -0.1) is 5.10 Å². The van der Waals surface area contributed by atoms with Crippen molar-refractivity contribution < 1.29 is 4.39 Å². The zero-order valence-corrected chi connectivity index (χ0v) is 16.0. The van der Waals surface area contributed by atoms with Crippen LogP contribution in [0.3, 0.4) is 0 Å². The predicted molar refractivity (Wildman–Crippen MR) is 99.5 cm³/mol. The van der Waals surface area contributed by atoms with E-state index in [4.69, 9.17) is 0 Å². The van der Waals surface area contributed by atoms with Crippen molar-refractivity contribution in [2.24, 2.45) is 7.05 Å². The van der Waals surface area contributed by atoms with Gasteiger partial charge in [0.05, 0.1) is 6.04 Å². The number of hydrogen-bond donors (Lipinski definition) is 1. The highest BCUT2D eigenvalue weighted by atomic mass is 19.1. The molecule has 1 aliphatic rings. The van der Waals surface area contributed by atoms with Crippen molar-refractivity contribution in [3.8, 4) is 0 Å². The minimum Gasteiger partial charge on any atom is -0.369 e. The summed E-state index contributed by atoms with van der Waals surface area (Å²) in [5.41, 5.74) is 2.07. The van der Waals surface area contributed by atoms with Crippen LogP contribution in [0.15, 0.2) is 18.2 Å². The first-order chi connectivity index (χ1) is 12.5. The van der Waals surface area contributed by atoms with E-state index in [0.29, 0.717) is 0 Å². The third-order valence-corrected chi connectivity index (χ3v) is 5.16. The summed E-state index contributed by atoms with van der Waals surface area (Å²) in [4.78, 5) is 4.79. The van der Waals surface area contributed by atoms with Crippen LogP contribution in [0.4, 0.5) is 10.1 Å².